The van der Waals surface area contributed by atoms with Crippen molar-refractivity contribution in [3.63, 3.8) is 0 Å². The molecule has 2 aliphatic rings. The maximum Gasteiger partial charge on any atom is 0.254 e. The Morgan fingerprint density at radius 1 is 1.00 bits per heavy atom. The summed E-state index contributed by atoms with van der Waals surface area (Å²) < 4.78 is 24.7. The maximum atomic E-state index is 14.2. The predicted octanol–water partition coefficient (Wildman–Crippen LogP) is 4.60. The molecule has 0 aliphatic carbocycles. The second-order valence-electron chi connectivity index (χ2n) is 10.3. The Hall–Kier alpha value is -4.33. The molecule has 1 N–H and O–H groups in total. The van der Waals surface area contributed by atoms with E-state index >= 15 is 0 Å². The fourth-order valence-corrected chi connectivity index (χ4v) is 6.24. The number of para-hydroxylation sites is 2. The third-order valence-corrected chi connectivity index (χ3v) is 8.21. The zero-order valence-electron chi connectivity index (χ0n) is 22.2. The summed E-state index contributed by atoms with van der Waals surface area (Å²) in [6.45, 7) is 2.52. The molecule has 8 heteroatoms. The van der Waals surface area contributed by atoms with Crippen LogP contribution in [0.3, 0.4) is 0 Å². The zero-order chi connectivity index (χ0) is 27.3. The van der Waals surface area contributed by atoms with Crippen LogP contribution in [0.5, 0.6) is 11.5 Å². The van der Waals surface area contributed by atoms with Crippen molar-refractivity contribution in [3.05, 3.63) is 94.9 Å². The third-order valence-electron chi connectivity index (χ3n) is 8.21. The van der Waals surface area contributed by atoms with Crippen LogP contribution in [0, 0.1) is 5.82 Å². The van der Waals surface area contributed by atoms with E-state index in [1.807, 2.05) is 49.4 Å². The van der Waals surface area contributed by atoms with Crippen molar-refractivity contribution < 1.29 is 23.5 Å². The average molecular weight is 528 g/mol. The number of H-pyrrole nitrogens is 1. The van der Waals surface area contributed by atoms with Crippen LogP contribution in [0.25, 0.3) is 10.9 Å². The van der Waals surface area contributed by atoms with Crippen molar-refractivity contribution in [2.75, 3.05) is 33.9 Å². The van der Waals surface area contributed by atoms with Crippen LogP contribution < -0.4 is 9.47 Å². The number of benzene rings is 3. The number of hydrogen-bond donors (Lipinski definition) is 1. The predicted molar refractivity (Wildman–Crippen MR) is 145 cm³/mol. The average Bonchev–Trinajstić information content (AvgIpc) is 3.35. The van der Waals surface area contributed by atoms with Gasteiger partial charge in [0.1, 0.15) is 5.82 Å². The number of hydrogen-bond acceptors (Lipinski definition) is 4. The molecule has 3 heterocycles. The normalized spacial score (nSPS) is 20.7. The SMILES string of the molecule is COc1cccc([C@@H]2CN3C(=O)CN(CCc4ccc(F)cc4)C(=O)[C@]3(C)c3[nH]c4ccccc4c32)c1OC. The van der Waals surface area contributed by atoms with E-state index in [1.165, 1.54) is 12.1 Å². The molecule has 6 rings (SSSR count). The maximum absolute atomic E-state index is 14.2. The van der Waals surface area contributed by atoms with Gasteiger partial charge in [-0.25, -0.2) is 4.39 Å². The van der Waals surface area contributed by atoms with Gasteiger partial charge in [0.05, 0.1) is 26.5 Å². The molecule has 0 bridgehead atoms. The third kappa shape index (κ3) is 3.85. The van der Waals surface area contributed by atoms with Crippen LogP contribution in [-0.2, 0) is 21.5 Å². The van der Waals surface area contributed by atoms with Gasteiger partial charge in [-0.1, -0.05) is 42.5 Å². The number of rotatable bonds is 6. The smallest absolute Gasteiger partial charge is 0.254 e. The zero-order valence-corrected chi connectivity index (χ0v) is 22.2. The summed E-state index contributed by atoms with van der Waals surface area (Å²) in [5, 5.41) is 1.01. The number of nitrogens with one attached hydrogen (secondary N) is 1. The number of carbonyl (C=O) groups is 2. The summed E-state index contributed by atoms with van der Waals surface area (Å²) in [7, 11) is 3.21. The van der Waals surface area contributed by atoms with Crippen LogP contribution in [0.1, 0.15) is 35.2 Å². The number of carbonyl (C=O) groups excluding carboxylic acids is 2. The molecule has 2 aliphatic heterocycles. The first-order valence-electron chi connectivity index (χ1n) is 13.0. The lowest BCUT2D eigenvalue weighted by Gasteiger charge is -2.51. The Morgan fingerprint density at radius 3 is 2.51 bits per heavy atom. The number of aromatic nitrogens is 1. The van der Waals surface area contributed by atoms with Gasteiger partial charge >= 0.3 is 0 Å². The van der Waals surface area contributed by atoms with Crippen LogP contribution in [0.4, 0.5) is 4.39 Å². The van der Waals surface area contributed by atoms with Crippen molar-refractivity contribution in [3.8, 4) is 11.5 Å². The van der Waals surface area contributed by atoms with E-state index in [1.54, 1.807) is 36.2 Å². The molecule has 1 fully saturated rings. The van der Waals surface area contributed by atoms with Gasteiger partial charge in [-0.3, -0.25) is 9.59 Å². The van der Waals surface area contributed by atoms with E-state index in [0.29, 0.717) is 31.0 Å². The Balaban J connectivity index is 1.46. The molecule has 1 aromatic heterocycles. The summed E-state index contributed by atoms with van der Waals surface area (Å²) in [6, 6.07) is 20.0. The Morgan fingerprint density at radius 2 is 1.77 bits per heavy atom. The minimum Gasteiger partial charge on any atom is -0.493 e. The minimum atomic E-state index is -1.20. The molecule has 0 spiro atoms. The van der Waals surface area contributed by atoms with Crippen molar-refractivity contribution in [2.45, 2.75) is 24.8 Å². The fourth-order valence-electron chi connectivity index (χ4n) is 6.24. The lowest BCUT2D eigenvalue weighted by atomic mass is 9.76. The number of fused-ring (bicyclic) bond motifs is 5. The summed E-state index contributed by atoms with van der Waals surface area (Å²) in [4.78, 5) is 34.8. The Labute approximate surface area is 226 Å². The van der Waals surface area contributed by atoms with Gasteiger partial charge in [-0.15, -0.1) is 0 Å². The molecule has 1 saturated heterocycles. The monoisotopic (exact) mass is 527 g/mol. The number of piperazine rings is 1. The standard InChI is InChI=1S/C31H30FN3O4/c1-31-29-27(22-7-4-5-9-24(22)33-29)23(21-8-6-10-25(38-2)28(21)39-3)17-35(31)26(36)18-34(30(31)37)16-15-19-11-13-20(32)14-12-19/h4-14,23,33H,15-18H2,1-3H3/t23-,31-/m0/s1. The van der Waals surface area contributed by atoms with E-state index in [-0.39, 0.29) is 30.1 Å². The highest BCUT2D eigenvalue weighted by Crippen LogP contribution is 2.50. The molecule has 7 nitrogen and oxygen atoms in total. The Bertz CT molecular complexity index is 1580. The van der Waals surface area contributed by atoms with Gasteiger partial charge in [0.2, 0.25) is 5.91 Å². The van der Waals surface area contributed by atoms with Gasteiger partial charge in [0.15, 0.2) is 17.0 Å². The number of nitrogens with zero attached hydrogens (tertiary/aromatic N) is 2. The molecule has 2 atom stereocenters. The van der Waals surface area contributed by atoms with E-state index in [0.717, 1.165) is 33.3 Å². The van der Waals surface area contributed by atoms with Gasteiger partial charge in [0.25, 0.3) is 5.91 Å². The van der Waals surface area contributed by atoms with Gasteiger partial charge in [-0.2, -0.15) is 0 Å². The minimum absolute atomic E-state index is 0.00680. The molecule has 2 amide bonds. The lowest BCUT2D eigenvalue weighted by molar-refractivity contribution is -0.166. The van der Waals surface area contributed by atoms with E-state index in [4.69, 9.17) is 9.47 Å². The number of ether oxygens (including phenoxy) is 2. The van der Waals surface area contributed by atoms with E-state index in [2.05, 4.69) is 4.98 Å². The largest absolute Gasteiger partial charge is 0.493 e. The van der Waals surface area contributed by atoms with Gasteiger partial charge in [-0.05, 0) is 48.7 Å². The summed E-state index contributed by atoms with van der Waals surface area (Å²) in [5.74, 6) is 0.429. The highest BCUT2D eigenvalue weighted by Gasteiger charge is 2.56. The molecule has 0 saturated carbocycles. The Kier molecular flexibility index (Phi) is 6.05. The topological polar surface area (TPSA) is 74.9 Å². The first-order valence-corrected chi connectivity index (χ1v) is 13.0. The molecule has 4 aromatic rings. The van der Waals surface area contributed by atoms with Crippen molar-refractivity contribution >= 4 is 22.7 Å². The second-order valence-corrected chi connectivity index (χ2v) is 10.3. The molecule has 0 radical (unpaired) electrons. The fraction of sp³-hybridized carbons (Fsp3) is 0.290. The summed E-state index contributed by atoms with van der Waals surface area (Å²) in [6.07, 6.45) is 0.526. The van der Waals surface area contributed by atoms with Crippen molar-refractivity contribution in [1.29, 1.82) is 0 Å². The number of aromatic amines is 1. The number of methoxy groups -OCH3 is 2. The molecule has 0 unspecified atom stereocenters. The van der Waals surface area contributed by atoms with E-state index < -0.39 is 5.54 Å². The summed E-state index contributed by atoms with van der Waals surface area (Å²) in [5.41, 5.74) is 3.20. The molecule has 3 aromatic carbocycles. The first kappa shape index (κ1) is 25.0. The number of halogens is 1. The van der Waals surface area contributed by atoms with Gasteiger partial charge < -0.3 is 24.3 Å². The molecular formula is C31H30FN3O4. The molecule has 39 heavy (non-hydrogen) atoms. The van der Waals surface area contributed by atoms with Crippen LogP contribution >= 0.6 is 0 Å². The number of amides is 2. The lowest BCUT2D eigenvalue weighted by Crippen LogP contribution is -2.67. The molecular weight excluding hydrogens is 497 g/mol. The first-order chi connectivity index (χ1) is 18.9. The highest BCUT2D eigenvalue weighted by atomic mass is 19.1. The van der Waals surface area contributed by atoms with Crippen molar-refractivity contribution in [2.24, 2.45) is 0 Å². The second kappa shape index (κ2) is 9.45. The van der Waals surface area contributed by atoms with E-state index in [9.17, 15) is 14.0 Å². The summed E-state index contributed by atoms with van der Waals surface area (Å²) >= 11 is 0. The molecule has 200 valence electrons. The van der Waals surface area contributed by atoms with Crippen LogP contribution in [0.2, 0.25) is 0 Å². The van der Waals surface area contributed by atoms with Gasteiger partial charge in [0, 0.05) is 35.5 Å². The quantitative estimate of drug-likeness (QED) is 0.398. The van der Waals surface area contributed by atoms with Crippen molar-refractivity contribution in [1.82, 2.24) is 14.8 Å². The van der Waals surface area contributed by atoms with Crippen LogP contribution in [0.15, 0.2) is 66.7 Å². The highest BCUT2D eigenvalue weighted by molar-refractivity contribution is 6.01. The van der Waals surface area contributed by atoms with Crippen LogP contribution in [-0.4, -0.2) is 60.5 Å².